The van der Waals surface area contributed by atoms with Crippen molar-refractivity contribution >= 4 is 40.6 Å². The van der Waals surface area contributed by atoms with Crippen molar-refractivity contribution in [2.24, 2.45) is 0 Å². The summed E-state index contributed by atoms with van der Waals surface area (Å²) in [6.45, 7) is 3.74. The number of carbonyl (C=O) groups is 2. The number of rotatable bonds is 6. The van der Waals surface area contributed by atoms with Gasteiger partial charge in [-0.1, -0.05) is 42.5 Å². The van der Waals surface area contributed by atoms with E-state index in [4.69, 9.17) is 16.3 Å². The lowest BCUT2D eigenvalue weighted by Crippen LogP contribution is -2.28. The van der Waals surface area contributed by atoms with Crippen molar-refractivity contribution < 1.29 is 18.7 Å². The number of hydrogen-bond donors (Lipinski definition) is 0. The van der Waals surface area contributed by atoms with Gasteiger partial charge in [0.2, 0.25) is 0 Å². The fourth-order valence-corrected chi connectivity index (χ4v) is 3.54. The first-order valence-electron chi connectivity index (χ1n) is 8.01. The molecule has 3 rings (SSSR count). The maximum atomic E-state index is 14.0. The molecule has 0 aromatic heterocycles. The smallest absolute Gasteiger partial charge is 0.293 e. The van der Waals surface area contributed by atoms with Crippen molar-refractivity contribution in [3.8, 4) is 5.75 Å². The average molecular weight is 404 g/mol. The summed E-state index contributed by atoms with van der Waals surface area (Å²) in [6.07, 6.45) is 3.24. The van der Waals surface area contributed by atoms with Gasteiger partial charge in [-0.2, -0.15) is 0 Å². The van der Waals surface area contributed by atoms with Crippen LogP contribution >= 0.6 is 23.4 Å². The second-order valence-corrected chi connectivity index (χ2v) is 7.04. The van der Waals surface area contributed by atoms with Gasteiger partial charge in [-0.05, 0) is 47.7 Å². The van der Waals surface area contributed by atoms with Crippen LogP contribution in [0.3, 0.4) is 0 Å². The molecule has 1 saturated heterocycles. The number of amides is 2. The lowest BCUT2D eigenvalue weighted by atomic mass is 10.2. The third-order valence-corrected chi connectivity index (χ3v) is 5.04. The highest BCUT2D eigenvalue weighted by Gasteiger charge is 2.35. The minimum atomic E-state index is -0.558. The van der Waals surface area contributed by atoms with E-state index in [9.17, 15) is 14.0 Å². The Hall–Kier alpha value is -2.57. The predicted octanol–water partition coefficient (Wildman–Crippen LogP) is 5.28. The lowest BCUT2D eigenvalue weighted by molar-refractivity contribution is -0.123. The molecule has 1 fully saturated rings. The fourth-order valence-electron chi connectivity index (χ4n) is 2.48. The number of carbonyl (C=O) groups excluding carboxylic acids is 2. The molecule has 0 atom stereocenters. The van der Waals surface area contributed by atoms with Gasteiger partial charge in [-0.25, -0.2) is 4.39 Å². The predicted molar refractivity (Wildman–Crippen MR) is 105 cm³/mol. The van der Waals surface area contributed by atoms with Gasteiger partial charge in [0.25, 0.3) is 11.1 Å². The van der Waals surface area contributed by atoms with Crippen LogP contribution < -0.4 is 4.74 Å². The zero-order chi connectivity index (χ0) is 19.4. The molecule has 1 heterocycles. The van der Waals surface area contributed by atoms with Crippen molar-refractivity contribution in [1.29, 1.82) is 0 Å². The molecule has 0 aliphatic carbocycles. The number of benzene rings is 2. The summed E-state index contributed by atoms with van der Waals surface area (Å²) in [5.41, 5.74) is 0.827. The van der Waals surface area contributed by atoms with E-state index in [1.165, 1.54) is 18.2 Å². The molecule has 2 aromatic carbocycles. The van der Waals surface area contributed by atoms with Gasteiger partial charge in [-0.3, -0.25) is 14.5 Å². The Morgan fingerprint density at radius 2 is 2.00 bits per heavy atom. The van der Waals surface area contributed by atoms with Crippen LogP contribution in [0, 0.1) is 5.82 Å². The summed E-state index contributed by atoms with van der Waals surface area (Å²) in [4.78, 5) is 26.1. The van der Waals surface area contributed by atoms with E-state index in [1.807, 2.05) is 0 Å². The Balaban J connectivity index is 1.81. The molecule has 138 valence electrons. The van der Waals surface area contributed by atoms with Gasteiger partial charge in [0.05, 0.1) is 11.4 Å². The Morgan fingerprint density at radius 3 is 2.74 bits per heavy atom. The maximum absolute atomic E-state index is 14.0. The highest BCUT2D eigenvalue weighted by atomic mass is 35.5. The summed E-state index contributed by atoms with van der Waals surface area (Å²) in [5.74, 6) is -0.416. The summed E-state index contributed by atoms with van der Waals surface area (Å²) >= 11 is 6.80. The largest absolute Gasteiger partial charge is 0.490 e. The molecule has 0 bridgehead atoms. The summed E-state index contributed by atoms with van der Waals surface area (Å²) in [6, 6.07) is 11.3. The minimum Gasteiger partial charge on any atom is -0.490 e. The number of thioether (sulfide) groups is 1. The fraction of sp³-hybridized carbons (Fsp3) is 0.100. The van der Waals surface area contributed by atoms with E-state index in [0.29, 0.717) is 17.9 Å². The topological polar surface area (TPSA) is 46.6 Å². The molecule has 1 aliphatic rings. The quantitative estimate of drug-likeness (QED) is 0.486. The van der Waals surface area contributed by atoms with E-state index < -0.39 is 17.0 Å². The minimum absolute atomic E-state index is 0.113. The van der Waals surface area contributed by atoms with Crippen molar-refractivity contribution in [3.63, 3.8) is 0 Å². The van der Waals surface area contributed by atoms with Gasteiger partial charge in [0, 0.05) is 10.6 Å². The van der Waals surface area contributed by atoms with E-state index in [0.717, 1.165) is 16.7 Å². The summed E-state index contributed by atoms with van der Waals surface area (Å²) < 4.78 is 19.4. The van der Waals surface area contributed by atoms with Gasteiger partial charge in [0.15, 0.2) is 0 Å². The van der Waals surface area contributed by atoms with Crippen LogP contribution in [0.4, 0.5) is 9.18 Å². The molecule has 0 unspecified atom stereocenters. The molecule has 27 heavy (non-hydrogen) atoms. The van der Waals surface area contributed by atoms with E-state index in [1.54, 1.807) is 36.4 Å². The van der Waals surface area contributed by atoms with Gasteiger partial charge < -0.3 is 4.74 Å². The Labute approximate surface area is 165 Å². The van der Waals surface area contributed by atoms with Crippen LogP contribution in [0.5, 0.6) is 5.75 Å². The number of ether oxygens (including phenoxy) is 1. The second-order valence-electron chi connectivity index (χ2n) is 5.64. The molecular formula is C20H15ClFNO3S. The average Bonchev–Trinajstić information content (AvgIpc) is 2.90. The Kier molecular flexibility index (Phi) is 5.98. The van der Waals surface area contributed by atoms with Crippen molar-refractivity contribution in [3.05, 3.63) is 82.0 Å². The van der Waals surface area contributed by atoms with Gasteiger partial charge in [-0.15, -0.1) is 0 Å². The molecule has 7 heteroatoms. The summed E-state index contributed by atoms with van der Waals surface area (Å²) in [5, 5.41) is -0.297. The van der Waals surface area contributed by atoms with E-state index in [-0.39, 0.29) is 22.0 Å². The monoisotopic (exact) mass is 403 g/mol. The zero-order valence-electron chi connectivity index (χ0n) is 14.2. The Bertz CT molecular complexity index is 924. The first-order valence-corrected chi connectivity index (χ1v) is 9.21. The van der Waals surface area contributed by atoms with Crippen LogP contribution in [-0.4, -0.2) is 22.7 Å². The molecule has 2 aromatic rings. The highest BCUT2D eigenvalue weighted by Crippen LogP contribution is 2.35. The third kappa shape index (κ3) is 4.40. The molecular weight excluding hydrogens is 389 g/mol. The molecule has 2 amide bonds. The Morgan fingerprint density at radius 1 is 1.22 bits per heavy atom. The number of hydrogen-bond acceptors (Lipinski definition) is 4. The van der Waals surface area contributed by atoms with Crippen LogP contribution in [0.2, 0.25) is 5.02 Å². The zero-order valence-corrected chi connectivity index (χ0v) is 15.7. The van der Waals surface area contributed by atoms with Crippen LogP contribution in [0.15, 0.2) is 60.0 Å². The van der Waals surface area contributed by atoms with Crippen LogP contribution in [-0.2, 0) is 11.3 Å². The standard InChI is InChI=1S/C20H15ClFNO3S/c1-2-9-26-14-6-3-5-13(10-14)11-18-19(24)23(20(25)27-18)12-15-16(21)7-4-8-17(15)22/h2-8,10-11H,1,9,12H2/b18-11-. The third-order valence-electron chi connectivity index (χ3n) is 3.78. The summed E-state index contributed by atoms with van der Waals surface area (Å²) in [7, 11) is 0. The lowest BCUT2D eigenvalue weighted by Gasteiger charge is -2.14. The number of imide groups is 1. The van der Waals surface area contributed by atoms with Gasteiger partial charge in [0.1, 0.15) is 18.2 Å². The maximum Gasteiger partial charge on any atom is 0.293 e. The van der Waals surface area contributed by atoms with Crippen molar-refractivity contribution in [2.45, 2.75) is 6.54 Å². The highest BCUT2D eigenvalue weighted by molar-refractivity contribution is 8.18. The first-order chi connectivity index (χ1) is 13.0. The molecule has 0 saturated carbocycles. The number of nitrogens with zero attached hydrogens (tertiary/aromatic N) is 1. The molecule has 0 radical (unpaired) electrons. The molecule has 0 N–H and O–H groups in total. The number of halogens is 2. The first kappa shape index (κ1) is 19.2. The van der Waals surface area contributed by atoms with Crippen LogP contribution in [0.25, 0.3) is 6.08 Å². The second kappa shape index (κ2) is 8.41. The SMILES string of the molecule is C=CCOc1cccc(/C=C2\SC(=O)N(Cc3c(F)cccc3Cl)C2=O)c1. The van der Waals surface area contributed by atoms with Crippen LogP contribution in [0.1, 0.15) is 11.1 Å². The van der Waals surface area contributed by atoms with Crippen molar-refractivity contribution in [1.82, 2.24) is 4.90 Å². The van der Waals surface area contributed by atoms with E-state index in [2.05, 4.69) is 6.58 Å². The molecule has 0 spiro atoms. The van der Waals surface area contributed by atoms with E-state index >= 15 is 0 Å². The normalized spacial score (nSPS) is 15.5. The van der Waals surface area contributed by atoms with Gasteiger partial charge >= 0.3 is 0 Å². The molecule has 1 aliphatic heterocycles. The molecule has 4 nitrogen and oxygen atoms in total. The van der Waals surface area contributed by atoms with Crippen molar-refractivity contribution in [2.75, 3.05) is 6.61 Å².